The maximum atomic E-state index is 12.1. The van der Waals surface area contributed by atoms with Crippen LogP contribution in [0.15, 0.2) is 0 Å². The van der Waals surface area contributed by atoms with Crippen molar-refractivity contribution in [1.82, 2.24) is 0 Å². The van der Waals surface area contributed by atoms with Gasteiger partial charge in [-0.15, -0.1) is 0 Å². The zero-order valence-corrected chi connectivity index (χ0v) is 24.1. The van der Waals surface area contributed by atoms with Crippen LogP contribution in [0, 0.1) is 62.6 Å². The first-order valence-electron chi connectivity index (χ1n) is 15.0. The molecule has 1 N–H and O–H groups in total. The monoisotopic (exact) mass is 486 g/mol. The van der Waals surface area contributed by atoms with Crippen molar-refractivity contribution >= 4 is 5.97 Å². The first-order valence-corrected chi connectivity index (χ1v) is 15.0. The SMILES string of the molecule is CC(=O)OC1CC2(C)C(CCC3(C)C2CCC2C4(C)CCCC(C)(CO)C4CCC23C)C1C(C)C. The van der Waals surface area contributed by atoms with E-state index >= 15 is 0 Å². The topological polar surface area (TPSA) is 46.5 Å². The Morgan fingerprint density at radius 1 is 0.857 bits per heavy atom. The van der Waals surface area contributed by atoms with E-state index in [4.69, 9.17) is 4.74 Å². The molecule has 0 aliphatic heterocycles. The minimum absolute atomic E-state index is 0.0900. The lowest BCUT2D eigenvalue weighted by atomic mass is 9.32. The van der Waals surface area contributed by atoms with E-state index in [1.807, 2.05) is 0 Å². The second-order valence-corrected chi connectivity index (χ2v) is 15.6. The Hall–Kier alpha value is -0.570. The molecule has 0 spiro atoms. The van der Waals surface area contributed by atoms with E-state index in [0.29, 0.717) is 52.4 Å². The lowest BCUT2D eigenvalue weighted by Gasteiger charge is -2.73. The number of ether oxygens (including phenoxy) is 1. The van der Waals surface area contributed by atoms with Gasteiger partial charge in [-0.05, 0) is 114 Å². The van der Waals surface area contributed by atoms with Crippen LogP contribution < -0.4 is 0 Å². The minimum Gasteiger partial charge on any atom is -0.462 e. The molecule has 11 atom stereocenters. The molecule has 3 heteroatoms. The molecule has 35 heavy (non-hydrogen) atoms. The number of hydrogen-bond donors (Lipinski definition) is 1. The third-order valence-electron chi connectivity index (χ3n) is 14.0. The van der Waals surface area contributed by atoms with E-state index < -0.39 is 0 Å². The molecule has 0 saturated heterocycles. The van der Waals surface area contributed by atoms with Crippen LogP contribution in [0.3, 0.4) is 0 Å². The zero-order valence-electron chi connectivity index (χ0n) is 24.1. The molecule has 0 bridgehead atoms. The summed E-state index contributed by atoms with van der Waals surface area (Å²) in [6.07, 6.45) is 12.9. The van der Waals surface area contributed by atoms with Gasteiger partial charge in [-0.3, -0.25) is 4.79 Å². The summed E-state index contributed by atoms with van der Waals surface area (Å²) in [5.41, 5.74) is 1.41. The van der Waals surface area contributed by atoms with Crippen molar-refractivity contribution in [2.45, 2.75) is 126 Å². The molecule has 0 heterocycles. The second-order valence-electron chi connectivity index (χ2n) is 15.6. The number of esters is 1. The lowest BCUT2D eigenvalue weighted by Crippen LogP contribution is -2.66. The molecule has 5 aliphatic carbocycles. The Balaban J connectivity index is 1.51. The maximum absolute atomic E-state index is 12.1. The number of carbonyl (C=O) groups excluding carboxylic acids is 1. The Morgan fingerprint density at radius 3 is 2.03 bits per heavy atom. The van der Waals surface area contributed by atoms with Gasteiger partial charge in [0.05, 0.1) is 0 Å². The molecule has 0 aromatic carbocycles. The van der Waals surface area contributed by atoms with Gasteiger partial charge in [-0.25, -0.2) is 0 Å². The van der Waals surface area contributed by atoms with E-state index in [9.17, 15) is 9.90 Å². The van der Waals surface area contributed by atoms with Crippen molar-refractivity contribution in [2.24, 2.45) is 62.6 Å². The van der Waals surface area contributed by atoms with E-state index in [-0.39, 0.29) is 22.9 Å². The summed E-state index contributed by atoms with van der Waals surface area (Å²) in [5, 5.41) is 10.5. The summed E-state index contributed by atoms with van der Waals surface area (Å²) in [7, 11) is 0. The maximum Gasteiger partial charge on any atom is 0.302 e. The lowest BCUT2D eigenvalue weighted by molar-refractivity contribution is -0.245. The van der Waals surface area contributed by atoms with E-state index in [1.165, 1.54) is 57.8 Å². The van der Waals surface area contributed by atoms with Gasteiger partial charge in [0.1, 0.15) is 6.10 Å². The van der Waals surface area contributed by atoms with Gasteiger partial charge >= 0.3 is 5.97 Å². The summed E-state index contributed by atoms with van der Waals surface area (Å²) in [6, 6.07) is 0. The summed E-state index contributed by atoms with van der Waals surface area (Å²) < 4.78 is 6.05. The largest absolute Gasteiger partial charge is 0.462 e. The van der Waals surface area contributed by atoms with E-state index in [1.54, 1.807) is 6.92 Å². The highest BCUT2D eigenvalue weighted by Gasteiger charge is 2.71. The summed E-state index contributed by atoms with van der Waals surface area (Å²) in [5.74, 6) is 3.74. The third-order valence-corrected chi connectivity index (χ3v) is 14.0. The van der Waals surface area contributed by atoms with E-state index in [0.717, 1.165) is 12.3 Å². The first kappa shape index (κ1) is 26.1. The van der Waals surface area contributed by atoms with Crippen molar-refractivity contribution in [2.75, 3.05) is 6.61 Å². The smallest absolute Gasteiger partial charge is 0.302 e. The fraction of sp³-hybridized carbons (Fsp3) is 0.969. The van der Waals surface area contributed by atoms with Crippen molar-refractivity contribution < 1.29 is 14.6 Å². The first-order chi connectivity index (χ1) is 16.3. The average Bonchev–Trinajstić information content (AvgIpc) is 3.05. The van der Waals surface area contributed by atoms with Gasteiger partial charge in [0.25, 0.3) is 0 Å². The van der Waals surface area contributed by atoms with Crippen LogP contribution in [0.5, 0.6) is 0 Å². The van der Waals surface area contributed by atoms with E-state index in [2.05, 4.69) is 48.5 Å². The molecular weight excluding hydrogens is 432 g/mol. The van der Waals surface area contributed by atoms with Crippen LogP contribution in [-0.4, -0.2) is 23.8 Å². The van der Waals surface area contributed by atoms with Crippen molar-refractivity contribution in [3.8, 4) is 0 Å². The van der Waals surface area contributed by atoms with Crippen LogP contribution in [0.2, 0.25) is 0 Å². The van der Waals surface area contributed by atoms with Crippen LogP contribution in [-0.2, 0) is 9.53 Å². The van der Waals surface area contributed by atoms with Crippen molar-refractivity contribution in [1.29, 1.82) is 0 Å². The predicted octanol–water partition coefficient (Wildman–Crippen LogP) is 7.65. The summed E-state index contributed by atoms with van der Waals surface area (Å²) in [6.45, 7) is 19.6. The molecule has 0 aromatic heterocycles. The average molecular weight is 487 g/mol. The Bertz CT molecular complexity index is 852. The van der Waals surface area contributed by atoms with Gasteiger partial charge in [-0.2, -0.15) is 0 Å². The van der Waals surface area contributed by atoms with Crippen molar-refractivity contribution in [3.63, 3.8) is 0 Å². The molecule has 11 unspecified atom stereocenters. The normalized spacial score (nSPS) is 55.5. The van der Waals surface area contributed by atoms with Crippen LogP contribution in [0.4, 0.5) is 0 Å². The van der Waals surface area contributed by atoms with Crippen LogP contribution in [0.25, 0.3) is 0 Å². The highest BCUT2D eigenvalue weighted by Crippen LogP contribution is 2.78. The molecule has 5 aliphatic rings. The van der Waals surface area contributed by atoms with Gasteiger partial charge in [0.15, 0.2) is 0 Å². The Kier molecular flexibility index (Phi) is 6.11. The molecule has 5 fully saturated rings. The summed E-state index contributed by atoms with van der Waals surface area (Å²) >= 11 is 0. The number of rotatable bonds is 3. The van der Waals surface area contributed by atoms with Crippen LogP contribution in [0.1, 0.15) is 120 Å². The standard InChI is InChI=1S/C32H54O3/c1-20(2)27-22-12-16-31(7)26(30(22,6)18-23(27)35-21(3)34)11-10-25-29(5)15-9-14-28(4,19-33)24(29)13-17-32(25,31)8/h20,22-27,33H,9-19H2,1-8H3. The molecule has 5 rings (SSSR count). The predicted molar refractivity (Wildman–Crippen MR) is 142 cm³/mol. The van der Waals surface area contributed by atoms with Crippen LogP contribution >= 0.6 is 0 Å². The number of aliphatic hydroxyl groups is 1. The molecule has 3 nitrogen and oxygen atoms in total. The molecule has 0 radical (unpaired) electrons. The number of aliphatic hydroxyl groups excluding tert-OH is 1. The molecule has 0 aromatic rings. The summed E-state index contributed by atoms with van der Waals surface area (Å²) in [4.78, 5) is 12.1. The zero-order chi connectivity index (χ0) is 25.6. The molecule has 200 valence electrons. The number of fused-ring (bicyclic) bond motifs is 7. The molecular formula is C32H54O3. The van der Waals surface area contributed by atoms with Gasteiger partial charge in [-0.1, -0.05) is 54.9 Å². The van der Waals surface area contributed by atoms with Gasteiger partial charge in [0.2, 0.25) is 0 Å². The number of hydrogen-bond acceptors (Lipinski definition) is 3. The van der Waals surface area contributed by atoms with Crippen molar-refractivity contribution in [3.05, 3.63) is 0 Å². The Labute approximate surface area is 215 Å². The highest BCUT2D eigenvalue weighted by molar-refractivity contribution is 5.66. The highest BCUT2D eigenvalue weighted by atomic mass is 16.5. The quantitative estimate of drug-likeness (QED) is 0.417. The molecule has 0 amide bonds. The number of carbonyl (C=O) groups is 1. The molecule has 5 saturated carbocycles. The minimum atomic E-state index is -0.100. The third kappa shape index (κ3) is 3.34. The van der Waals surface area contributed by atoms with Gasteiger partial charge in [0, 0.05) is 19.4 Å². The fourth-order valence-corrected chi connectivity index (χ4v) is 12.6. The Morgan fingerprint density at radius 2 is 1.46 bits per heavy atom. The second kappa shape index (κ2) is 8.21. The van der Waals surface area contributed by atoms with Gasteiger partial charge < -0.3 is 9.84 Å². The fourth-order valence-electron chi connectivity index (χ4n) is 12.6.